The molecule has 10 heteroatoms. The molecule has 25 heavy (non-hydrogen) atoms. The van der Waals surface area contributed by atoms with Crippen molar-refractivity contribution >= 4 is 45.1 Å². The first-order valence-corrected chi connectivity index (χ1v) is 8.36. The summed E-state index contributed by atoms with van der Waals surface area (Å²) in [7, 11) is 0. The van der Waals surface area contributed by atoms with Crippen LogP contribution in [-0.4, -0.2) is 33.7 Å². The zero-order valence-electron chi connectivity index (χ0n) is 13.5. The van der Waals surface area contributed by atoms with E-state index in [0.717, 1.165) is 15.7 Å². The lowest BCUT2D eigenvalue weighted by atomic mass is 10.2. The number of carbonyl (C=O) groups is 2. The summed E-state index contributed by atoms with van der Waals surface area (Å²) >= 11 is 8.28. The van der Waals surface area contributed by atoms with Crippen LogP contribution in [0.15, 0.2) is 28.7 Å². The Morgan fingerprint density at radius 2 is 2.04 bits per heavy atom. The molecule has 0 aliphatic heterocycles. The van der Waals surface area contributed by atoms with Gasteiger partial charge in [-0.15, -0.1) is 0 Å². The van der Waals surface area contributed by atoms with Crippen molar-refractivity contribution in [1.82, 2.24) is 26.4 Å². The molecule has 0 atom stereocenters. The number of hydrogen-bond donors (Lipinski definition) is 4. The van der Waals surface area contributed by atoms with Gasteiger partial charge in [0.25, 0.3) is 11.8 Å². The number of benzene rings is 1. The first-order valence-electron chi connectivity index (χ1n) is 7.16. The van der Waals surface area contributed by atoms with E-state index in [9.17, 15) is 9.59 Å². The number of ether oxygens (including phenoxy) is 1. The molecule has 0 radical (unpaired) electrons. The number of hydrogen-bond acceptors (Lipinski definition) is 5. The summed E-state index contributed by atoms with van der Waals surface area (Å²) < 4.78 is 6.36. The number of nitrogens with one attached hydrogen (secondary N) is 4. The highest BCUT2D eigenvalue weighted by Crippen LogP contribution is 2.21. The maximum absolute atomic E-state index is 11.8. The second kappa shape index (κ2) is 8.58. The lowest BCUT2D eigenvalue weighted by Crippen LogP contribution is -2.49. The highest BCUT2D eigenvalue weighted by molar-refractivity contribution is 9.10. The van der Waals surface area contributed by atoms with Crippen LogP contribution in [0.3, 0.4) is 0 Å². The predicted octanol–water partition coefficient (Wildman–Crippen LogP) is 1.50. The molecule has 0 fully saturated rings. The van der Waals surface area contributed by atoms with E-state index in [2.05, 4.69) is 42.3 Å². The molecule has 132 valence electrons. The van der Waals surface area contributed by atoms with Crippen molar-refractivity contribution in [3.8, 4) is 5.75 Å². The van der Waals surface area contributed by atoms with Gasteiger partial charge in [-0.3, -0.25) is 30.9 Å². The van der Waals surface area contributed by atoms with Gasteiger partial charge >= 0.3 is 0 Å². The largest absolute Gasteiger partial charge is 0.483 e. The van der Waals surface area contributed by atoms with Gasteiger partial charge in [-0.1, -0.05) is 15.9 Å². The molecule has 1 heterocycles. The first-order chi connectivity index (χ1) is 11.8. The molecule has 0 aliphatic carbocycles. The van der Waals surface area contributed by atoms with Crippen LogP contribution in [-0.2, 0) is 4.79 Å². The van der Waals surface area contributed by atoms with E-state index in [-0.39, 0.29) is 17.4 Å². The molecule has 2 amide bonds. The quantitative estimate of drug-likeness (QED) is 0.436. The van der Waals surface area contributed by atoms with Gasteiger partial charge in [0.15, 0.2) is 17.4 Å². The lowest BCUT2D eigenvalue weighted by molar-refractivity contribution is -0.121. The Morgan fingerprint density at radius 1 is 1.28 bits per heavy atom. The summed E-state index contributed by atoms with van der Waals surface area (Å²) in [6, 6.07) is 7.03. The minimum atomic E-state index is -0.484. The van der Waals surface area contributed by atoms with Crippen LogP contribution in [0, 0.1) is 13.8 Å². The van der Waals surface area contributed by atoms with Crippen LogP contribution < -0.4 is 20.9 Å². The number of rotatable bonds is 4. The van der Waals surface area contributed by atoms with Gasteiger partial charge in [-0.25, -0.2) is 0 Å². The minimum Gasteiger partial charge on any atom is -0.483 e. The van der Waals surface area contributed by atoms with Crippen LogP contribution in [0.4, 0.5) is 0 Å². The molecular weight excluding hydrogens is 410 g/mol. The Hall–Kier alpha value is -2.46. The average Bonchev–Trinajstić information content (AvgIpc) is 2.98. The minimum absolute atomic E-state index is 0.0539. The van der Waals surface area contributed by atoms with Crippen LogP contribution in [0.1, 0.15) is 21.7 Å². The SMILES string of the molecule is Cc1cc(C(=O)NNC(=S)NC(=O)COc2ccc(Br)cc2C)n[nH]1. The highest BCUT2D eigenvalue weighted by Gasteiger charge is 2.11. The Labute approximate surface area is 157 Å². The number of H-pyrrole nitrogens is 1. The number of nitrogens with zero attached hydrogens (tertiary/aromatic N) is 1. The van der Waals surface area contributed by atoms with Gasteiger partial charge in [0.2, 0.25) is 0 Å². The van der Waals surface area contributed by atoms with Gasteiger partial charge in [-0.05, 0) is 55.9 Å². The molecule has 1 aromatic heterocycles. The lowest BCUT2D eigenvalue weighted by Gasteiger charge is -2.11. The summed E-state index contributed by atoms with van der Waals surface area (Å²) in [5.41, 5.74) is 6.60. The number of halogens is 1. The summed E-state index contributed by atoms with van der Waals surface area (Å²) in [5, 5.41) is 8.79. The van der Waals surface area contributed by atoms with Crippen LogP contribution in [0.25, 0.3) is 0 Å². The molecule has 0 aliphatic rings. The Balaban J connectivity index is 1.74. The van der Waals surface area contributed by atoms with Crippen LogP contribution >= 0.6 is 28.1 Å². The summed E-state index contributed by atoms with van der Waals surface area (Å²) in [4.78, 5) is 23.6. The summed E-state index contributed by atoms with van der Waals surface area (Å²) in [6.07, 6.45) is 0. The number of amides is 2. The van der Waals surface area contributed by atoms with Crippen molar-refractivity contribution < 1.29 is 14.3 Å². The molecular formula is C15H16BrN5O3S. The number of aryl methyl sites for hydroxylation is 2. The van der Waals surface area contributed by atoms with E-state index in [1.165, 1.54) is 0 Å². The van der Waals surface area contributed by atoms with E-state index in [1.807, 2.05) is 19.1 Å². The van der Waals surface area contributed by atoms with E-state index in [0.29, 0.717) is 5.75 Å². The Kier molecular flexibility index (Phi) is 6.48. The number of aromatic amines is 1. The zero-order chi connectivity index (χ0) is 18.4. The molecule has 0 unspecified atom stereocenters. The molecule has 1 aromatic carbocycles. The van der Waals surface area contributed by atoms with Gasteiger partial charge in [0, 0.05) is 10.2 Å². The monoisotopic (exact) mass is 425 g/mol. The van der Waals surface area contributed by atoms with Crippen LogP contribution in [0.2, 0.25) is 0 Å². The van der Waals surface area contributed by atoms with E-state index < -0.39 is 11.8 Å². The highest BCUT2D eigenvalue weighted by atomic mass is 79.9. The van der Waals surface area contributed by atoms with Crippen molar-refractivity contribution in [3.05, 3.63) is 45.7 Å². The maximum atomic E-state index is 11.8. The molecule has 0 saturated heterocycles. The predicted molar refractivity (Wildman–Crippen MR) is 99.0 cm³/mol. The average molecular weight is 426 g/mol. The van der Waals surface area contributed by atoms with Gasteiger partial charge in [0.1, 0.15) is 5.75 Å². The van der Waals surface area contributed by atoms with Crippen LogP contribution in [0.5, 0.6) is 5.75 Å². The molecule has 2 rings (SSSR count). The molecule has 4 N–H and O–H groups in total. The molecule has 2 aromatic rings. The summed E-state index contributed by atoms with van der Waals surface area (Å²) in [6.45, 7) is 3.43. The third-order valence-electron chi connectivity index (χ3n) is 2.98. The van der Waals surface area contributed by atoms with E-state index in [4.69, 9.17) is 17.0 Å². The van der Waals surface area contributed by atoms with E-state index in [1.54, 1.807) is 19.1 Å². The van der Waals surface area contributed by atoms with Crippen molar-refractivity contribution in [2.45, 2.75) is 13.8 Å². The molecule has 0 spiro atoms. The first kappa shape index (κ1) is 18.9. The fourth-order valence-corrected chi connectivity index (χ4v) is 2.46. The summed E-state index contributed by atoms with van der Waals surface area (Å²) in [5.74, 6) is -0.341. The molecule has 0 saturated carbocycles. The second-order valence-corrected chi connectivity index (χ2v) is 6.42. The standard InChI is InChI=1S/C15H16BrN5O3S/c1-8-5-10(16)3-4-12(8)24-7-13(22)17-15(25)21-20-14(23)11-6-9(2)18-19-11/h3-6H,7H2,1-2H3,(H,18,19)(H,20,23)(H2,17,21,22,25). The van der Waals surface area contributed by atoms with Crippen molar-refractivity contribution in [3.63, 3.8) is 0 Å². The third-order valence-corrected chi connectivity index (χ3v) is 3.67. The zero-order valence-corrected chi connectivity index (χ0v) is 15.9. The number of carbonyl (C=O) groups excluding carboxylic acids is 2. The van der Waals surface area contributed by atoms with Gasteiger partial charge in [0.05, 0.1) is 0 Å². The topological polar surface area (TPSA) is 108 Å². The second-order valence-electron chi connectivity index (χ2n) is 5.09. The smallest absolute Gasteiger partial charge is 0.290 e. The number of hydrazine groups is 1. The normalized spacial score (nSPS) is 10.0. The van der Waals surface area contributed by atoms with Crippen molar-refractivity contribution in [2.24, 2.45) is 0 Å². The third kappa shape index (κ3) is 5.84. The fraction of sp³-hybridized carbons (Fsp3) is 0.200. The fourth-order valence-electron chi connectivity index (χ4n) is 1.82. The van der Waals surface area contributed by atoms with Crippen molar-refractivity contribution in [2.75, 3.05) is 6.61 Å². The van der Waals surface area contributed by atoms with E-state index >= 15 is 0 Å². The maximum Gasteiger partial charge on any atom is 0.290 e. The van der Waals surface area contributed by atoms with Crippen molar-refractivity contribution in [1.29, 1.82) is 0 Å². The molecule has 8 nitrogen and oxygen atoms in total. The number of aromatic nitrogens is 2. The number of thiocarbonyl (C=S) groups is 1. The van der Waals surface area contributed by atoms with Gasteiger partial charge < -0.3 is 4.74 Å². The Morgan fingerprint density at radius 3 is 2.68 bits per heavy atom. The van der Waals surface area contributed by atoms with Gasteiger partial charge in [-0.2, -0.15) is 5.10 Å². The Bertz CT molecular complexity index is 808. The molecule has 0 bridgehead atoms.